The van der Waals surface area contributed by atoms with Gasteiger partial charge in [0.1, 0.15) is 11.2 Å². The van der Waals surface area contributed by atoms with Gasteiger partial charge >= 0.3 is 0 Å². The van der Waals surface area contributed by atoms with E-state index in [0.29, 0.717) is 5.92 Å². The van der Waals surface area contributed by atoms with Crippen molar-refractivity contribution in [1.82, 2.24) is 4.98 Å². The van der Waals surface area contributed by atoms with Crippen LogP contribution in [0.5, 0.6) is 0 Å². The Balaban J connectivity index is 1.85. The van der Waals surface area contributed by atoms with E-state index in [9.17, 15) is 0 Å². The van der Waals surface area contributed by atoms with E-state index in [-0.39, 0.29) is 5.41 Å². The van der Waals surface area contributed by atoms with Crippen molar-refractivity contribution in [2.45, 2.75) is 39.5 Å². The molecule has 0 fully saturated rings. The summed E-state index contributed by atoms with van der Waals surface area (Å²) in [4.78, 5) is 5.01. The van der Waals surface area contributed by atoms with E-state index in [2.05, 4.69) is 82.3 Å². The molecule has 148 valence electrons. The summed E-state index contributed by atoms with van der Waals surface area (Å²) in [5, 5.41) is 4.95. The van der Waals surface area contributed by atoms with Crippen LogP contribution in [0.3, 0.4) is 0 Å². The van der Waals surface area contributed by atoms with Crippen LogP contribution in [0.1, 0.15) is 44.4 Å². The van der Waals surface area contributed by atoms with Gasteiger partial charge in [-0.15, -0.1) is 0 Å². The predicted molar refractivity (Wildman–Crippen MR) is 125 cm³/mol. The molecule has 30 heavy (non-hydrogen) atoms. The molecule has 6 rings (SSSR count). The topological polar surface area (TPSA) is 26.0 Å². The highest BCUT2D eigenvalue weighted by Crippen LogP contribution is 2.51. The van der Waals surface area contributed by atoms with Gasteiger partial charge in [-0.05, 0) is 40.5 Å². The molecule has 0 amide bonds. The number of furan rings is 1. The lowest BCUT2D eigenvalue weighted by Crippen LogP contribution is -2.21. The van der Waals surface area contributed by atoms with Gasteiger partial charge in [-0.2, -0.15) is 0 Å². The van der Waals surface area contributed by atoms with Gasteiger partial charge in [0, 0.05) is 33.3 Å². The van der Waals surface area contributed by atoms with Crippen molar-refractivity contribution in [2.24, 2.45) is 5.92 Å². The number of rotatable bonds is 2. The minimum absolute atomic E-state index is 0.201. The molecule has 2 heteroatoms. The molecule has 2 nitrogen and oxygen atoms in total. The molecule has 3 aromatic carbocycles. The second-order valence-corrected chi connectivity index (χ2v) is 9.55. The molecule has 0 saturated carbocycles. The molecule has 2 heterocycles. The molecular formula is C28H25NO. The Morgan fingerprint density at radius 2 is 1.77 bits per heavy atom. The van der Waals surface area contributed by atoms with Crippen molar-refractivity contribution >= 4 is 32.7 Å². The molecule has 1 aliphatic carbocycles. The third kappa shape index (κ3) is 2.22. The van der Waals surface area contributed by atoms with Crippen molar-refractivity contribution in [3.8, 4) is 11.3 Å². The average Bonchev–Trinajstić information content (AvgIpc) is 3.09. The fourth-order valence-corrected chi connectivity index (χ4v) is 5.43. The van der Waals surface area contributed by atoms with Gasteiger partial charge in [0.05, 0.1) is 5.69 Å². The van der Waals surface area contributed by atoms with Gasteiger partial charge in [0.2, 0.25) is 0 Å². The lowest BCUT2D eigenvalue weighted by molar-refractivity contribution is 0.618. The van der Waals surface area contributed by atoms with Crippen molar-refractivity contribution in [1.29, 1.82) is 0 Å². The second kappa shape index (κ2) is 5.95. The molecule has 1 aliphatic rings. The van der Waals surface area contributed by atoms with Crippen LogP contribution in [0.4, 0.5) is 0 Å². The van der Waals surface area contributed by atoms with Gasteiger partial charge in [-0.3, -0.25) is 4.98 Å². The Kier molecular flexibility index (Phi) is 3.51. The summed E-state index contributed by atoms with van der Waals surface area (Å²) in [6.07, 6.45) is 3.03. The Morgan fingerprint density at radius 1 is 0.933 bits per heavy atom. The Labute approximate surface area is 176 Å². The molecule has 0 N–H and O–H groups in total. The molecular weight excluding hydrogens is 366 g/mol. The fraction of sp³-hybridized carbons (Fsp3) is 0.250. The van der Waals surface area contributed by atoms with Crippen molar-refractivity contribution in [2.75, 3.05) is 0 Å². The van der Waals surface area contributed by atoms with Gasteiger partial charge in [-0.1, -0.05) is 76.2 Å². The number of hydrogen-bond donors (Lipinski definition) is 0. The van der Waals surface area contributed by atoms with E-state index in [4.69, 9.17) is 9.40 Å². The first-order valence-electron chi connectivity index (χ1n) is 10.8. The van der Waals surface area contributed by atoms with Crippen LogP contribution < -0.4 is 0 Å². The maximum atomic E-state index is 6.51. The van der Waals surface area contributed by atoms with Crippen LogP contribution in [0, 0.1) is 5.92 Å². The van der Waals surface area contributed by atoms with Crippen LogP contribution >= 0.6 is 0 Å². The van der Waals surface area contributed by atoms with E-state index in [1.165, 1.54) is 43.8 Å². The molecule has 0 bridgehead atoms. The quantitative estimate of drug-likeness (QED) is 0.309. The van der Waals surface area contributed by atoms with Crippen LogP contribution in [0.2, 0.25) is 0 Å². The zero-order chi connectivity index (χ0) is 20.6. The summed E-state index contributed by atoms with van der Waals surface area (Å²) in [6.45, 7) is 9.20. The zero-order valence-corrected chi connectivity index (χ0v) is 17.9. The molecule has 0 atom stereocenters. The first-order chi connectivity index (χ1) is 14.5. The minimum atomic E-state index is -0.201. The summed E-state index contributed by atoms with van der Waals surface area (Å²) < 4.78 is 6.51. The number of benzene rings is 3. The van der Waals surface area contributed by atoms with E-state index in [1.807, 2.05) is 6.20 Å². The molecule has 0 unspecified atom stereocenters. The Morgan fingerprint density at radius 3 is 2.60 bits per heavy atom. The van der Waals surface area contributed by atoms with Crippen molar-refractivity contribution in [3.63, 3.8) is 0 Å². The van der Waals surface area contributed by atoms with Crippen LogP contribution in [-0.4, -0.2) is 4.98 Å². The van der Waals surface area contributed by atoms with Gasteiger partial charge < -0.3 is 4.42 Å². The smallest absolute Gasteiger partial charge is 0.138 e. The number of fused-ring (bicyclic) bond motifs is 4. The third-order valence-corrected chi connectivity index (χ3v) is 6.71. The van der Waals surface area contributed by atoms with E-state index in [1.54, 1.807) is 0 Å². The largest absolute Gasteiger partial charge is 0.456 e. The van der Waals surface area contributed by atoms with E-state index < -0.39 is 0 Å². The number of pyridine rings is 1. The first kappa shape index (κ1) is 17.7. The lowest BCUT2D eigenvalue weighted by Gasteiger charge is -2.29. The number of nitrogens with zero attached hydrogens (tertiary/aromatic N) is 1. The van der Waals surface area contributed by atoms with E-state index in [0.717, 1.165) is 23.3 Å². The predicted octanol–water partition coefficient (Wildman–Crippen LogP) is 7.64. The molecule has 2 aromatic heterocycles. The maximum absolute atomic E-state index is 6.51. The lowest BCUT2D eigenvalue weighted by atomic mass is 9.74. The van der Waals surface area contributed by atoms with Crippen molar-refractivity contribution in [3.05, 3.63) is 77.5 Å². The SMILES string of the molecule is CC(C)Cc1ccc2c3c1oc1cccc(c13)-c1ncc3ccccc3c1C2(C)C. The number of aromatic nitrogens is 1. The van der Waals surface area contributed by atoms with E-state index >= 15 is 0 Å². The van der Waals surface area contributed by atoms with Gasteiger partial charge in [0.25, 0.3) is 0 Å². The van der Waals surface area contributed by atoms with Crippen molar-refractivity contribution < 1.29 is 4.42 Å². The molecule has 0 saturated heterocycles. The summed E-state index contributed by atoms with van der Waals surface area (Å²) in [6, 6.07) is 19.6. The fourth-order valence-electron chi connectivity index (χ4n) is 5.43. The average molecular weight is 392 g/mol. The van der Waals surface area contributed by atoms with Crippen LogP contribution in [0.15, 0.2) is 65.2 Å². The highest BCUT2D eigenvalue weighted by atomic mass is 16.3. The molecule has 0 aliphatic heterocycles. The monoisotopic (exact) mass is 391 g/mol. The first-order valence-corrected chi connectivity index (χ1v) is 10.8. The second-order valence-electron chi connectivity index (χ2n) is 9.55. The maximum Gasteiger partial charge on any atom is 0.138 e. The van der Waals surface area contributed by atoms with Gasteiger partial charge in [-0.25, -0.2) is 0 Å². The Bertz CT molecular complexity index is 1470. The molecule has 0 radical (unpaired) electrons. The Hall–Kier alpha value is -3.13. The third-order valence-electron chi connectivity index (χ3n) is 6.71. The normalized spacial score (nSPS) is 14.7. The molecule has 0 spiro atoms. The highest BCUT2D eigenvalue weighted by molar-refractivity contribution is 6.17. The van der Waals surface area contributed by atoms with Crippen LogP contribution in [-0.2, 0) is 11.8 Å². The standard InChI is InChI=1S/C28H25NO/c1-16(2)14-17-12-13-21-24-23-20(10-7-11-22(23)30-27(17)24)26-25(28(21,3)4)19-9-6-5-8-18(19)15-29-26/h5-13,15-16H,14H2,1-4H3. The summed E-state index contributed by atoms with van der Waals surface area (Å²) in [7, 11) is 0. The van der Waals surface area contributed by atoms with Crippen LogP contribution in [0.25, 0.3) is 44.0 Å². The minimum Gasteiger partial charge on any atom is -0.456 e. The summed E-state index contributed by atoms with van der Waals surface area (Å²) in [5.41, 5.74) is 8.00. The summed E-state index contributed by atoms with van der Waals surface area (Å²) >= 11 is 0. The summed E-state index contributed by atoms with van der Waals surface area (Å²) in [5.74, 6) is 0.577. The van der Waals surface area contributed by atoms with Gasteiger partial charge in [0.15, 0.2) is 0 Å². The zero-order valence-electron chi connectivity index (χ0n) is 17.9. The number of hydrogen-bond acceptors (Lipinski definition) is 2. The highest BCUT2D eigenvalue weighted by Gasteiger charge is 2.36. The molecule has 5 aromatic rings.